The Balaban J connectivity index is 1.55. The predicted molar refractivity (Wildman–Crippen MR) is 103 cm³/mol. The molecule has 1 unspecified atom stereocenters. The molecule has 29 heavy (non-hydrogen) atoms. The Kier molecular flexibility index (Phi) is 5.07. The maximum Gasteiger partial charge on any atom is 0.254 e. The molecular formula is C21H20FN5O2. The summed E-state index contributed by atoms with van der Waals surface area (Å²) in [5, 5.41) is 7.21. The Morgan fingerprint density at radius 2 is 1.97 bits per heavy atom. The number of carbonyl (C=O) groups is 2. The van der Waals surface area contributed by atoms with E-state index in [-0.39, 0.29) is 30.7 Å². The maximum atomic E-state index is 13.9. The van der Waals surface area contributed by atoms with Crippen LogP contribution in [0.15, 0.2) is 55.0 Å². The summed E-state index contributed by atoms with van der Waals surface area (Å²) < 4.78 is 15.5. The van der Waals surface area contributed by atoms with E-state index in [0.29, 0.717) is 23.4 Å². The molecule has 1 aliphatic rings. The number of fused-ring (bicyclic) bond motifs is 1. The molecule has 0 spiro atoms. The summed E-state index contributed by atoms with van der Waals surface area (Å²) in [6.07, 6.45) is 4.94. The van der Waals surface area contributed by atoms with Crippen molar-refractivity contribution in [1.82, 2.24) is 25.0 Å². The van der Waals surface area contributed by atoms with Gasteiger partial charge in [-0.15, -0.1) is 0 Å². The van der Waals surface area contributed by atoms with Crippen molar-refractivity contribution < 1.29 is 14.0 Å². The van der Waals surface area contributed by atoms with E-state index in [1.807, 2.05) is 6.20 Å². The summed E-state index contributed by atoms with van der Waals surface area (Å²) in [6, 6.07) is 9.60. The minimum atomic E-state index is -0.627. The molecular weight excluding hydrogens is 373 g/mol. The molecule has 4 rings (SSSR count). The molecule has 8 heteroatoms. The Morgan fingerprint density at radius 1 is 1.21 bits per heavy atom. The molecule has 7 nitrogen and oxygen atoms in total. The molecule has 0 radical (unpaired) electrons. The summed E-state index contributed by atoms with van der Waals surface area (Å²) >= 11 is 0. The number of aromatic nitrogens is 3. The minimum Gasteiger partial charge on any atom is -0.351 e. The van der Waals surface area contributed by atoms with Crippen molar-refractivity contribution in [3.8, 4) is 0 Å². The average Bonchev–Trinajstić information content (AvgIpc) is 3.12. The lowest BCUT2D eigenvalue weighted by Crippen LogP contribution is -2.43. The number of pyridine rings is 1. The number of aryl methyl sites for hydroxylation is 1. The van der Waals surface area contributed by atoms with Crippen LogP contribution in [0.3, 0.4) is 0 Å². The Bertz CT molecular complexity index is 1050. The Labute approximate surface area is 167 Å². The fraction of sp³-hybridized carbons (Fsp3) is 0.238. The van der Waals surface area contributed by atoms with E-state index in [2.05, 4.69) is 15.4 Å². The standard InChI is InChI=1S/C21H20FN5O2/c1-26-11-16-12-27(21(29)14-6-8-23-9-7-14)13-17(19(16)25-26)20(28)24-10-15-4-2-3-5-18(15)22/h2-9,11,17H,10,12-13H2,1H3,(H,24,28). The maximum absolute atomic E-state index is 13.9. The number of hydrogen-bond donors (Lipinski definition) is 1. The van der Waals surface area contributed by atoms with E-state index in [1.54, 1.807) is 59.4 Å². The zero-order valence-corrected chi connectivity index (χ0v) is 15.9. The summed E-state index contributed by atoms with van der Waals surface area (Å²) in [7, 11) is 1.78. The highest BCUT2D eigenvalue weighted by Crippen LogP contribution is 2.28. The zero-order chi connectivity index (χ0) is 20.4. The molecule has 3 aromatic rings. The molecule has 0 fully saturated rings. The fourth-order valence-electron chi connectivity index (χ4n) is 3.53. The van der Waals surface area contributed by atoms with Gasteiger partial charge in [-0.05, 0) is 18.2 Å². The van der Waals surface area contributed by atoms with E-state index in [9.17, 15) is 14.0 Å². The number of nitrogens with zero attached hydrogens (tertiary/aromatic N) is 4. The number of benzene rings is 1. The van der Waals surface area contributed by atoms with Gasteiger partial charge in [-0.25, -0.2) is 4.39 Å². The van der Waals surface area contributed by atoms with Crippen LogP contribution in [0.25, 0.3) is 0 Å². The van der Waals surface area contributed by atoms with Gasteiger partial charge in [0.25, 0.3) is 5.91 Å². The van der Waals surface area contributed by atoms with Crippen molar-refractivity contribution in [2.24, 2.45) is 7.05 Å². The topological polar surface area (TPSA) is 80.1 Å². The molecule has 3 heterocycles. The number of carbonyl (C=O) groups excluding carboxylic acids is 2. The van der Waals surface area contributed by atoms with Crippen LogP contribution in [-0.4, -0.2) is 38.0 Å². The van der Waals surface area contributed by atoms with Gasteiger partial charge in [0.1, 0.15) is 5.82 Å². The quantitative estimate of drug-likeness (QED) is 0.735. The minimum absolute atomic E-state index is 0.0719. The first-order chi connectivity index (χ1) is 14.0. The molecule has 1 aliphatic heterocycles. The normalized spacial score (nSPS) is 15.7. The van der Waals surface area contributed by atoms with Gasteiger partial charge in [0.05, 0.1) is 11.6 Å². The summed E-state index contributed by atoms with van der Waals surface area (Å²) in [5.41, 5.74) is 2.39. The highest BCUT2D eigenvalue weighted by Gasteiger charge is 2.35. The molecule has 0 saturated carbocycles. The zero-order valence-electron chi connectivity index (χ0n) is 15.9. The molecule has 1 atom stereocenters. The van der Waals surface area contributed by atoms with Crippen molar-refractivity contribution in [2.45, 2.75) is 19.0 Å². The van der Waals surface area contributed by atoms with Gasteiger partial charge in [0, 0.05) is 62.0 Å². The average molecular weight is 393 g/mol. The van der Waals surface area contributed by atoms with Crippen molar-refractivity contribution in [2.75, 3.05) is 6.54 Å². The van der Waals surface area contributed by atoms with Crippen LogP contribution in [0.4, 0.5) is 4.39 Å². The van der Waals surface area contributed by atoms with Crippen molar-refractivity contribution in [1.29, 1.82) is 0 Å². The van der Waals surface area contributed by atoms with Crippen molar-refractivity contribution >= 4 is 11.8 Å². The summed E-state index contributed by atoms with van der Waals surface area (Å²) in [5.74, 6) is -1.46. The van der Waals surface area contributed by atoms with Gasteiger partial charge in [-0.1, -0.05) is 18.2 Å². The van der Waals surface area contributed by atoms with E-state index in [4.69, 9.17) is 0 Å². The van der Waals surface area contributed by atoms with Gasteiger partial charge in [-0.3, -0.25) is 19.3 Å². The van der Waals surface area contributed by atoms with Gasteiger partial charge in [0.2, 0.25) is 5.91 Å². The second-order valence-corrected chi connectivity index (χ2v) is 7.00. The molecule has 148 valence electrons. The highest BCUT2D eigenvalue weighted by atomic mass is 19.1. The number of hydrogen-bond acceptors (Lipinski definition) is 4. The van der Waals surface area contributed by atoms with Crippen LogP contribution >= 0.6 is 0 Å². The lowest BCUT2D eigenvalue weighted by atomic mass is 9.95. The van der Waals surface area contributed by atoms with Crippen LogP contribution in [0.2, 0.25) is 0 Å². The number of nitrogens with one attached hydrogen (secondary N) is 1. The monoisotopic (exact) mass is 393 g/mol. The van der Waals surface area contributed by atoms with E-state index in [0.717, 1.165) is 5.56 Å². The van der Waals surface area contributed by atoms with Crippen LogP contribution in [0.5, 0.6) is 0 Å². The first-order valence-electron chi connectivity index (χ1n) is 9.26. The lowest BCUT2D eigenvalue weighted by Gasteiger charge is -2.31. The van der Waals surface area contributed by atoms with Gasteiger partial charge in [0.15, 0.2) is 0 Å². The van der Waals surface area contributed by atoms with Crippen LogP contribution in [-0.2, 0) is 24.9 Å². The second kappa shape index (κ2) is 7.83. The fourth-order valence-corrected chi connectivity index (χ4v) is 3.53. The van der Waals surface area contributed by atoms with E-state index >= 15 is 0 Å². The van der Waals surface area contributed by atoms with Crippen LogP contribution < -0.4 is 5.32 Å². The highest BCUT2D eigenvalue weighted by molar-refractivity contribution is 5.95. The molecule has 0 aliphatic carbocycles. The van der Waals surface area contributed by atoms with Gasteiger partial charge < -0.3 is 10.2 Å². The lowest BCUT2D eigenvalue weighted by molar-refractivity contribution is -0.123. The second-order valence-electron chi connectivity index (χ2n) is 7.00. The molecule has 2 aromatic heterocycles. The number of rotatable bonds is 4. The third kappa shape index (κ3) is 3.87. The number of halogens is 1. The molecule has 1 N–H and O–H groups in total. The van der Waals surface area contributed by atoms with Gasteiger partial charge in [-0.2, -0.15) is 5.10 Å². The molecule has 0 bridgehead atoms. The predicted octanol–water partition coefficient (Wildman–Crippen LogP) is 2.01. The molecule has 1 aromatic carbocycles. The first kappa shape index (κ1) is 18.8. The SMILES string of the molecule is Cn1cc2c(n1)C(C(=O)NCc1ccccc1F)CN(C(=O)c1ccncc1)C2. The molecule has 2 amide bonds. The first-order valence-corrected chi connectivity index (χ1v) is 9.26. The third-order valence-corrected chi connectivity index (χ3v) is 4.97. The van der Waals surface area contributed by atoms with Crippen molar-refractivity contribution in [3.63, 3.8) is 0 Å². The van der Waals surface area contributed by atoms with Crippen LogP contribution in [0.1, 0.15) is 33.1 Å². The Morgan fingerprint density at radius 3 is 2.72 bits per heavy atom. The van der Waals surface area contributed by atoms with Crippen LogP contribution in [0, 0.1) is 5.82 Å². The summed E-state index contributed by atoms with van der Waals surface area (Å²) in [6.45, 7) is 0.651. The largest absolute Gasteiger partial charge is 0.351 e. The van der Waals surface area contributed by atoms with E-state index in [1.165, 1.54) is 6.07 Å². The van der Waals surface area contributed by atoms with Gasteiger partial charge >= 0.3 is 0 Å². The third-order valence-electron chi connectivity index (χ3n) is 4.97. The van der Waals surface area contributed by atoms with Crippen molar-refractivity contribution in [3.05, 3.63) is 83.2 Å². The summed E-state index contributed by atoms with van der Waals surface area (Å²) in [4.78, 5) is 31.4. The number of amides is 2. The molecule has 0 saturated heterocycles. The van der Waals surface area contributed by atoms with E-state index < -0.39 is 5.92 Å². The smallest absolute Gasteiger partial charge is 0.254 e. The Hall–Kier alpha value is -3.55.